The van der Waals surface area contributed by atoms with Gasteiger partial charge in [-0.2, -0.15) is 0 Å². The Hall–Kier alpha value is -2.08. The highest BCUT2D eigenvalue weighted by Gasteiger charge is 2.23. The summed E-state index contributed by atoms with van der Waals surface area (Å²) >= 11 is 5.91. The number of aryl methyl sites for hydroxylation is 1. The summed E-state index contributed by atoms with van der Waals surface area (Å²) in [5.41, 5.74) is 2.28. The van der Waals surface area contributed by atoms with Crippen LogP contribution < -0.4 is 10.1 Å². The van der Waals surface area contributed by atoms with Gasteiger partial charge < -0.3 is 14.8 Å². The summed E-state index contributed by atoms with van der Waals surface area (Å²) in [5, 5.41) is 3.82. The second kappa shape index (κ2) is 10.5. The fourth-order valence-corrected chi connectivity index (χ4v) is 3.51. The van der Waals surface area contributed by atoms with Crippen molar-refractivity contribution >= 4 is 17.5 Å². The molecule has 0 bridgehead atoms. The van der Waals surface area contributed by atoms with Crippen molar-refractivity contribution in [1.82, 2.24) is 10.2 Å². The zero-order valence-electron chi connectivity index (χ0n) is 16.2. The highest BCUT2D eigenvalue weighted by atomic mass is 35.5. The third-order valence-electron chi connectivity index (χ3n) is 5.03. The molecule has 150 valence electrons. The number of rotatable bonds is 8. The fraction of sp³-hybridized carbons (Fsp3) is 0.409. The number of ether oxygens (including phenoxy) is 2. The molecule has 0 saturated carbocycles. The van der Waals surface area contributed by atoms with Gasteiger partial charge in [0.2, 0.25) is 5.91 Å². The molecule has 5 nitrogen and oxygen atoms in total. The van der Waals surface area contributed by atoms with Crippen LogP contribution in [0.1, 0.15) is 23.6 Å². The van der Waals surface area contributed by atoms with E-state index in [1.54, 1.807) is 7.11 Å². The van der Waals surface area contributed by atoms with Gasteiger partial charge >= 0.3 is 0 Å². The third kappa shape index (κ3) is 5.96. The van der Waals surface area contributed by atoms with E-state index in [2.05, 4.69) is 22.3 Å². The van der Waals surface area contributed by atoms with E-state index >= 15 is 0 Å². The summed E-state index contributed by atoms with van der Waals surface area (Å²) in [4.78, 5) is 14.8. The highest BCUT2D eigenvalue weighted by molar-refractivity contribution is 6.30. The highest BCUT2D eigenvalue weighted by Crippen LogP contribution is 2.23. The van der Waals surface area contributed by atoms with Gasteiger partial charge in [-0.3, -0.25) is 9.69 Å². The first-order chi connectivity index (χ1) is 13.7. The molecule has 1 amide bonds. The lowest BCUT2D eigenvalue weighted by molar-refractivity contribution is -0.121. The Morgan fingerprint density at radius 2 is 1.82 bits per heavy atom. The quantitative estimate of drug-likeness (QED) is 0.734. The molecule has 1 fully saturated rings. The number of carbonyl (C=O) groups excluding carboxylic acids is 1. The Labute approximate surface area is 171 Å². The number of nitrogens with one attached hydrogen (secondary N) is 1. The molecule has 1 saturated heterocycles. The monoisotopic (exact) mass is 402 g/mol. The van der Waals surface area contributed by atoms with Gasteiger partial charge in [-0.15, -0.1) is 0 Å². The Balaban J connectivity index is 1.58. The van der Waals surface area contributed by atoms with Crippen LogP contribution in [0.5, 0.6) is 5.75 Å². The molecule has 1 heterocycles. The first-order valence-corrected chi connectivity index (χ1v) is 10.0. The maximum absolute atomic E-state index is 12.4. The molecule has 0 spiro atoms. The molecule has 3 rings (SSSR count). The lowest BCUT2D eigenvalue weighted by Crippen LogP contribution is -2.43. The van der Waals surface area contributed by atoms with E-state index in [1.165, 1.54) is 5.56 Å². The van der Waals surface area contributed by atoms with Crippen molar-refractivity contribution in [1.29, 1.82) is 0 Å². The summed E-state index contributed by atoms with van der Waals surface area (Å²) in [5.74, 6) is 0.887. The molecule has 2 aromatic carbocycles. The van der Waals surface area contributed by atoms with Crippen molar-refractivity contribution in [3.63, 3.8) is 0 Å². The molecule has 0 aliphatic carbocycles. The number of hydrogen-bond acceptors (Lipinski definition) is 4. The lowest BCUT2D eigenvalue weighted by atomic mass is 10.0. The molecule has 28 heavy (non-hydrogen) atoms. The van der Waals surface area contributed by atoms with Crippen LogP contribution in [0.25, 0.3) is 0 Å². The number of methoxy groups -OCH3 is 1. The van der Waals surface area contributed by atoms with E-state index in [4.69, 9.17) is 21.1 Å². The molecule has 0 radical (unpaired) electrons. The SMILES string of the molecule is COc1ccc(C(CNC(=O)CCc2ccc(Cl)cc2)N2CCOCC2)cc1. The summed E-state index contributed by atoms with van der Waals surface area (Å²) in [7, 11) is 1.66. The largest absolute Gasteiger partial charge is 0.497 e. The fourth-order valence-electron chi connectivity index (χ4n) is 3.38. The molecule has 2 aromatic rings. The molecule has 1 aliphatic rings. The number of carbonyl (C=O) groups is 1. The van der Waals surface area contributed by atoms with Gasteiger partial charge in [-0.25, -0.2) is 0 Å². The van der Waals surface area contributed by atoms with Gasteiger partial charge in [0.1, 0.15) is 5.75 Å². The van der Waals surface area contributed by atoms with Crippen LogP contribution in [-0.2, 0) is 16.0 Å². The summed E-state index contributed by atoms with van der Waals surface area (Å²) in [6.45, 7) is 3.73. The normalized spacial score (nSPS) is 15.8. The number of amides is 1. The summed E-state index contributed by atoms with van der Waals surface area (Å²) < 4.78 is 10.7. The van der Waals surface area contributed by atoms with Crippen molar-refractivity contribution in [2.45, 2.75) is 18.9 Å². The Bertz CT molecular complexity index is 743. The maximum atomic E-state index is 12.4. The maximum Gasteiger partial charge on any atom is 0.220 e. The van der Waals surface area contributed by atoms with E-state index in [0.29, 0.717) is 24.4 Å². The van der Waals surface area contributed by atoms with Crippen LogP contribution >= 0.6 is 11.6 Å². The van der Waals surface area contributed by atoms with E-state index in [1.807, 2.05) is 36.4 Å². The predicted octanol–water partition coefficient (Wildman–Crippen LogP) is 3.47. The Kier molecular flexibility index (Phi) is 7.71. The minimum Gasteiger partial charge on any atom is -0.497 e. The zero-order valence-corrected chi connectivity index (χ0v) is 17.0. The molecule has 1 atom stereocenters. The van der Waals surface area contributed by atoms with Crippen LogP contribution in [0.2, 0.25) is 5.02 Å². The standard InChI is InChI=1S/C22H27ClN2O3/c1-27-20-9-5-18(6-10-20)21(25-12-14-28-15-13-25)16-24-22(26)11-4-17-2-7-19(23)8-3-17/h2-3,5-10,21H,4,11-16H2,1H3,(H,24,26). The minimum atomic E-state index is 0.0571. The van der Waals surface area contributed by atoms with E-state index in [0.717, 1.165) is 37.6 Å². The van der Waals surface area contributed by atoms with Crippen molar-refractivity contribution < 1.29 is 14.3 Å². The second-order valence-electron chi connectivity index (χ2n) is 6.87. The van der Waals surface area contributed by atoms with Crippen LogP contribution in [0.4, 0.5) is 0 Å². The summed E-state index contributed by atoms with van der Waals surface area (Å²) in [6, 6.07) is 15.8. The van der Waals surface area contributed by atoms with Gasteiger partial charge in [0.15, 0.2) is 0 Å². The van der Waals surface area contributed by atoms with Crippen LogP contribution in [0.3, 0.4) is 0 Å². The average Bonchev–Trinajstić information content (AvgIpc) is 2.74. The van der Waals surface area contributed by atoms with E-state index in [9.17, 15) is 4.79 Å². The van der Waals surface area contributed by atoms with Crippen LogP contribution in [-0.4, -0.2) is 50.8 Å². The van der Waals surface area contributed by atoms with Crippen LogP contribution in [0, 0.1) is 0 Å². The molecule has 0 aromatic heterocycles. The molecule has 1 unspecified atom stereocenters. The Morgan fingerprint density at radius 1 is 1.14 bits per heavy atom. The number of halogens is 1. The molecule has 6 heteroatoms. The zero-order chi connectivity index (χ0) is 19.8. The van der Waals surface area contributed by atoms with Gasteiger partial charge in [-0.05, 0) is 41.8 Å². The molecular weight excluding hydrogens is 376 g/mol. The summed E-state index contributed by atoms with van der Waals surface area (Å²) in [6.07, 6.45) is 1.16. The Morgan fingerprint density at radius 3 is 2.46 bits per heavy atom. The first-order valence-electron chi connectivity index (χ1n) is 9.62. The van der Waals surface area contributed by atoms with E-state index in [-0.39, 0.29) is 11.9 Å². The van der Waals surface area contributed by atoms with Crippen LogP contribution in [0.15, 0.2) is 48.5 Å². The van der Waals surface area contributed by atoms with Crippen molar-refractivity contribution in [2.75, 3.05) is 40.0 Å². The topological polar surface area (TPSA) is 50.8 Å². The molecule has 1 N–H and O–H groups in total. The predicted molar refractivity (Wildman–Crippen MR) is 111 cm³/mol. The minimum absolute atomic E-state index is 0.0571. The smallest absolute Gasteiger partial charge is 0.220 e. The van der Waals surface area contributed by atoms with Gasteiger partial charge in [0, 0.05) is 31.1 Å². The second-order valence-corrected chi connectivity index (χ2v) is 7.30. The van der Waals surface area contributed by atoms with Crippen molar-refractivity contribution in [2.24, 2.45) is 0 Å². The number of morpholine rings is 1. The number of benzene rings is 2. The third-order valence-corrected chi connectivity index (χ3v) is 5.29. The lowest BCUT2D eigenvalue weighted by Gasteiger charge is -2.35. The number of nitrogens with zero attached hydrogens (tertiary/aromatic N) is 1. The van der Waals surface area contributed by atoms with E-state index < -0.39 is 0 Å². The van der Waals surface area contributed by atoms with Crippen molar-refractivity contribution in [3.8, 4) is 5.75 Å². The molecule has 1 aliphatic heterocycles. The molecular formula is C22H27ClN2O3. The van der Waals surface area contributed by atoms with Crippen molar-refractivity contribution in [3.05, 3.63) is 64.7 Å². The van der Waals surface area contributed by atoms with Gasteiger partial charge in [-0.1, -0.05) is 35.9 Å². The first kappa shape index (κ1) is 20.6. The number of hydrogen-bond donors (Lipinski definition) is 1. The average molecular weight is 403 g/mol. The van der Waals surface area contributed by atoms with Gasteiger partial charge in [0.05, 0.1) is 26.4 Å². The van der Waals surface area contributed by atoms with Gasteiger partial charge in [0.25, 0.3) is 0 Å².